The summed E-state index contributed by atoms with van der Waals surface area (Å²) in [5.41, 5.74) is 2.13. The molecule has 5 heteroatoms. The molecular weight excluding hydrogens is 362 g/mol. The molecule has 0 aromatic heterocycles. The number of amides is 1. The molecule has 0 N–H and O–H groups in total. The number of carbonyl (C=O) groups is 2. The van der Waals surface area contributed by atoms with Crippen molar-refractivity contribution in [2.24, 2.45) is 0 Å². The van der Waals surface area contributed by atoms with Crippen molar-refractivity contribution in [3.05, 3.63) is 70.2 Å². The Kier molecular flexibility index (Phi) is 7.03. The molecule has 0 saturated heterocycles. The summed E-state index contributed by atoms with van der Waals surface area (Å²) in [6, 6.07) is 15.1. The zero-order valence-corrected chi connectivity index (χ0v) is 17.0. The lowest BCUT2D eigenvalue weighted by molar-refractivity contribution is -0.119. The third-order valence-electron chi connectivity index (χ3n) is 3.86. The van der Waals surface area contributed by atoms with Gasteiger partial charge in [-0.05, 0) is 50.5 Å². The van der Waals surface area contributed by atoms with Gasteiger partial charge in [-0.3, -0.25) is 9.69 Å². The molecule has 0 fully saturated rings. The highest BCUT2D eigenvalue weighted by Gasteiger charge is 2.24. The number of ketones is 1. The number of halogens is 1. The van der Waals surface area contributed by atoms with Crippen LogP contribution in [0, 0.1) is 6.92 Å². The molecule has 144 valence electrons. The van der Waals surface area contributed by atoms with Crippen LogP contribution in [0.2, 0.25) is 5.02 Å². The van der Waals surface area contributed by atoms with Crippen LogP contribution in [0.5, 0.6) is 0 Å². The van der Waals surface area contributed by atoms with Crippen molar-refractivity contribution in [3.63, 3.8) is 0 Å². The average Bonchev–Trinajstić information content (AvgIpc) is 2.57. The zero-order chi connectivity index (χ0) is 20.0. The molecule has 0 spiro atoms. The van der Waals surface area contributed by atoms with Gasteiger partial charge >= 0.3 is 6.09 Å². The summed E-state index contributed by atoms with van der Waals surface area (Å²) in [5, 5.41) is 0.672. The lowest BCUT2D eigenvalue weighted by atomic mass is 10.1. The summed E-state index contributed by atoms with van der Waals surface area (Å²) in [6.45, 7) is 7.64. The van der Waals surface area contributed by atoms with Gasteiger partial charge < -0.3 is 4.74 Å². The maximum Gasteiger partial charge on any atom is 0.410 e. The first-order valence-corrected chi connectivity index (χ1v) is 9.30. The molecule has 0 radical (unpaired) electrons. The van der Waals surface area contributed by atoms with Crippen LogP contribution in [-0.4, -0.2) is 28.9 Å². The molecule has 4 nitrogen and oxygen atoms in total. The highest BCUT2D eigenvalue weighted by molar-refractivity contribution is 6.31. The number of aryl methyl sites for hydroxylation is 1. The predicted octanol–water partition coefficient (Wildman–Crippen LogP) is 5.20. The van der Waals surface area contributed by atoms with Crippen LogP contribution < -0.4 is 0 Å². The first-order chi connectivity index (χ1) is 12.6. The summed E-state index contributed by atoms with van der Waals surface area (Å²) >= 11 is 6.04. The smallest absolute Gasteiger partial charge is 0.410 e. The first-order valence-electron chi connectivity index (χ1n) is 8.92. The Hall–Kier alpha value is -2.33. The van der Waals surface area contributed by atoms with Gasteiger partial charge in [0.2, 0.25) is 0 Å². The van der Waals surface area contributed by atoms with E-state index in [-0.39, 0.29) is 18.7 Å². The molecule has 2 aromatic rings. The minimum atomic E-state index is -0.623. The Bertz CT molecular complexity index is 797. The van der Waals surface area contributed by atoms with Crippen molar-refractivity contribution in [2.75, 3.05) is 6.54 Å². The molecule has 0 bridgehead atoms. The van der Waals surface area contributed by atoms with E-state index in [1.54, 1.807) is 6.07 Å². The van der Waals surface area contributed by atoms with E-state index in [4.69, 9.17) is 16.3 Å². The molecular formula is C22H26ClNO3. The second-order valence-corrected chi connectivity index (χ2v) is 8.03. The number of carbonyl (C=O) groups excluding carboxylic acids is 2. The standard InChI is InChI=1S/C22H26ClNO3/c1-16-12-18(10-11-20(16)23)13-19(25)15-24(21(26)27-22(2,3)4)14-17-8-6-5-7-9-17/h5-12H,13-15H2,1-4H3. The van der Waals surface area contributed by atoms with Crippen molar-refractivity contribution in [1.29, 1.82) is 0 Å². The Morgan fingerprint density at radius 1 is 1.04 bits per heavy atom. The highest BCUT2D eigenvalue weighted by atomic mass is 35.5. The number of benzene rings is 2. The fraction of sp³-hybridized carbons (Fsp3) is 0.364. The fourth-order valence-electron chi connectivity index (χ4n) is 2.63. The number of hydrogen-bond donors (Lipinski definition) is 0. The van der Waals surface area contributed by atoms with E-state index in [1.165, 1.54) is 4.90 Å². The Morgan fingerprint density at radius 3 is 2.30 bits per heavy atom. The Balaban J connectivity index is 2.10. The number of ether oxygens (including phenoxy) is 1. The number of rotatable bonds is 6. The Morgan fingerprint density at radius 2 is 1.70 bits per heavy atom. The lowest BCUT2D eigenvalue weighted by Gasteiger charge is -2.27. The molecule has 2 rings (SSSR count). The highest BCUT2D eigenvalue weighted by Crippen LogP contribution is 2.17. The molecule has 0 saturated carbocycles. The normalized spacial score (nSPS) is 11.1. The largest absolute Gasteiger partial charge is 0.444 e. The van der Waals surface area contributed by atoms with Crippen molar-refractivity contribution in [1.82, 2.24) is 4.90 Å². The maximum atomic E-state index is 12.6. The summed E-state index contributed by atoms with van der Waals surface area (Å²) in [7, 11) is 0. The van der Waals surface area contributed by atoms with Gasteiger partial charge in [-0.25, -0.2) is 4.79 Å². The van der Waals surface area contributed by atoms with Gasteiger partial charge in [0.25, 0.3) is 0 Å². The van der Waals surface area contributed by atoms with Crippen molar-refractivity contribution in [3.8, 4) is 0 Å². The number of hydrogen-bond acceptors (Lipinski definition) is 3. The molecule has 1 amide bonds. The lowest BCUT2D eigenvalue weighted by Crippen LogP contribution is -2.39. The summed E-state index contributed by atoms with van der Waals surface area (Å²) in [4.78, 5) is 26.6. The molecule has 0 aliphatic rings. The van der Waals surface area contributed by atoms with Crippen LogP contribution in [0.25, 0.3) is 0 Å². The van der Waals surface area contributed by atoms with E-state index in [2.05, 4.69) is 0 Å². The summed E-state index contributed by atoms with van der Waals surface area (Å²) in [5.74, 6) is -0.0569. The molecule has 0 heterocycles. The maximum absolute atomic E-state index is 12.6. The zero-order valence-electron chi connectivity index (χ0n) is 16.3. The third kappa shape index (κ3) is 7.06. The number of nitrogens with zero attached hydrogens (tertiary/aromatic N) is 1. The molecule has 0 atom stereocenters. The number of Topliss-reactive ketones (excluding diaryl/α,β-unsaturated/α-hetero) is 1. The first kappa shape index (κ1) is 21.0. The van der Waals surface area contributed by atoms with Gasteiger partial charge in [-0.2, -0.15) is 0 Å². The van der Waals surface area contributed by atoms with Gasteiger partial charge in [0, 0.05) is 18.0 Å². The quantitative estimate of drug-likeness (QED) is 0.684. The summed E-state index contributed by atoms with van der Waals surface area (Å²) in [6.07, 6.45) is -0.251. The minimum Gasteiger partial charge on any atom is -0.444 e. The van der Waals surface area contributed by atoms with Crippen LogP contribution in [0.3, 0.4) is 0 Å². The molecule has 2 aromatic carbocycles. The third-order valence-corrected chi connectivity index (χ3v) is 4.28. The van der Waals surface area contributed by atoms with Crippen LogP contribution in [0.15, 0.2) is 48.5 Å². The van der Waals surface area contributed by atoms with Gasteiger partial charge in [0.1, 0.15) is 5.60 Å². The van der Waals surface area contributed by atoms with E-state index in [1.807, 2.05) is 70.2 Å². The van der Waals surface area contributed by atoms with E-state index in [0.717, 1.165) is 16.7 Å². The van der Waals surface area contributed by atoms with Gasteiger partial charge in [-0.15, -0.1) is 0 Å². The van der Waals surface area contributed by atoms with Crippen molar-refractivity contribution in [2.45, 2.75) is 46.3 Å². The van der Waals surface area contributed by atoms with Gasteiger partial charge in [0.15, 0.2) is 5.78 Å². The molecule has 27 heavy (non-hydrogen) atoms. The van der Waals surface area contributed by atoms with E-state index >= 15 is 0 Å². The SMILES string of the molecule is Cc1cc(CC(=O)CN(Cc2ccccc2)C(=O)OC(C)(C)C)ccc1Cl. The van der Waals surface area contributed by atoms with Crippen LogP contribution in [0.1, 0.15) is 37.5 Å². The van der Waals surface area contributed by atoms with Gasteiger partial charge in [0.05, 0.1) is 6.54 Å². The van der Waals surface area contributed by atoms with E-state index < -0.39 is 11.7 Å². The topological polar surface area (TPSA) is 46.6 Å². The summed E-state index contributed by atoms with van der Waals surface area (Å²) < 4.78 is 5.48. The van der Waals surface area contributed by atoms with E-state index in [9.17, 15) is 9.59 Å². The predicted molar refractivity (Wildman–Crippen MR) is 108 cm³/mol. The second-order valence-electron chi connectivity index (χ2n) is 7.62. The fourth-order valence-corrected chi connectivity index (χ4v) is 2.75. The van der Waals surface area contributed by atoms with Crippen LogP contribution in [0.4, 0.5) is 4.79 Å². The van der Waals surface area contributed by atoms with Crippen LogP contribution >= 0.6 is 11.6 Å². The van der Waals surface area contributed by atoms with Gasteiger partial charge in [-0.1, -0.05) is 54.1 Å². The van der Waals surface area contributed by atoms with Crippen molar-refractivity contribution < 1.29 is 14.3 Å². The van der Waals surface area contributed by atoms with Crippen LogP contribution in [-0.2, 0) is 22.5 Å². The monoisotopic (exact) mass is 387 g/mol. The van der Waals surface area contributed by atoms with E-state index in [0.29, 0.717) is 11.6 Å². The molecule has 0 aliphatic carbocycles. The molecule has 0 aliphatic heterocycles. The van der Waals surface area contributed by atoms with Crippen molar-refractivity contribution >= 4 is 23.5 Å². The minimum absolute atomic E-state index is 0.00845. The second kappa shape index (κ2) is 9.05. The average molecular weight is 388 g/mol. The molecule has 0 unspecified atom stereocenters. The Labute approximate surface area is 166 Å².